The van der Waals surface area contributed by atoms with Crippen molar-refractivity contribution in [2.45, 2.75) is 0 Å². The Balaban J connectivity index is 1.78. The fourth-order valence-corrected chi connectivity index (χ4v) is 2.57. The van der Waals surface area contributed by atoms with Crippen LogP contribution in [0, 0.1) is 0 Å². The standard InChI is InChI=1S/C21H20N2O3/c1-23(2)20-12-4-3-11-19(20)21(25)22-15-7-5-9-17(13-15)26-18-10-6-8-16(24)14-18/h3-14,24H,1-2H3,(H,22,25). The Hall–Kier alpha value is -3.47. The predicted octanol–water partition coefficient (Wildman–Crippen LogP) is 4.50. The SMILES string of the molecule is CN(C)c1ccccc1C(=O)Nc1cccc(Oc2cccc(O)c2)c1. The van der Waals surface area contributed by atoms with Crippen molar-refractivity contribution in [3.8, 4) is 17.2 Å². The van der Waals surface area contributed by atoms with E-state index in [0.717, 1.165) is 5.69 Å². The second kappa shape index (κ2) is 7.61. The Labute approximate surface area is 152 Å². The van der Waals surface area contributed by atoms with Crippen LogP contribution < -0.4 is 15.0 Å². The van der Waals surface area contributed by atoms with Crippen LogP contribution in [0.2, 0.25) is 0 Å². The van der Waals surface area contributed by atoms with Gasteiger partial charge in [0.25, 0.3) is 5.91 Å². The number of ether oxygens (including phenoxy) is 1. The lowest BCUT2D eigenvalue weighted by atomic mass is 10.1. The zero-order valence-electron chi connectivity index (χ0n) is 14.6. The number of aromatic hydroxyl groups is 1. The molecule has 26 heavy (non-hydrogen) atoms. The van der Waals surface area contributed by atoms with Gasteiger partial charge in [0.1, 0.15) is 17.2 Å². The summed E-state index contributed by atoms with van der Waals surface area (Å²) in [5.74, 6) is 1.02. The molecule has 0 spiro atoms. The number of rotatable bonds is 5. The minimum Gasteiger partial charge on any atom is -0.508 e. The number of nitrogens with one attached hydrogen (secondary N) is 1. The maximum atomic E-state index is 12.6. The van der Waals surface area contributed by atoms with Gasteiger partial charge in [-0.05, 0) is 36.4 Å². The Morgan fingerprint density at radius 2 is 1.62 bits per heavy atom. The van der Waals surface area contributed by atoms with Crippen LogP contribution in [0.15, 0.2) is 72.8 Å². The molecule has 0 bridgehead atoms. The first-order valence-electron chi connectivity index (χ1n) is 8.17. The molecule has 0 saturated carbocycles. The van der Waals surface area contributed by atoms with E-state index in [4.69, 9.17) is 4.74 Å². The van der Waals surface area contributed by atoms with Crippen molar-refractivity contribution in [1.29, 1.82) is 0 Å². The summed E-state index contributed by atoms with van der Waals surface area (Å²) in [6.45, 7) is 0. The first-order chi connectivity index (χ1) is 12.5. The van der Waals surface area contributed by atoms with Crippen LogP contribution in [0.25, 0.3) is 0 Å². The number of phenolic OH excluding ortho intramolecular Hbond substituents is 1. The van der Waals surface area contributed by atoms with Crippen molar-refractivity contribution >= 4 is 17.3 Å². The zero-order valence-corrected chi connectivity index (χ0v) is 14.6. The number of hydrogen-bond donors (Lipinski definition) is 2. The average molecular weight is 348 g/mol. The molecule has 3 aromatic carbocycles. The highest BCUT2D eigenvalue weighted by molar-refractivity contribution is 6.08. The number of amides is 1. The van der Waals surface area contributed by atoms with Crippen molar-refractivity contribution in [3.63, 3.8) is 0 Å². The molecule has 0 heterocycles. The Kier molecular flexibility index (Phi) is 5.08. The van der Waals surface area contributed by atoms with Crippen LogP contribution in [0.4, 0.5) is 11.4 Å². The molecule has 0 atom stereocenters. The molecule has 1 amide bonds. The van der Waals surface area contributed by atoms with Gasteiger partial charge in [0, 0.05) is 37.6 Å². The number of phenols is 1. The van der Waals surface area contributed by atoms with Crippen LogP contribution in [0.5, 0.6) is 17.2 Å². The Morgan fingerprint density at radius 3 is 2.35 bits per heavy atom. The van der Waals surface area contributed by atoms with Gasteiger partial charge in [0.2, 0.25) is 0 Å². The second-order valence-electron chi connectivity index (χ2n) is 5.99. The molecular formula is C21H20N2O3. The Bertz CT molecular complexity index is 922. The summed E-state index contributed by atoms with van der Waals surface area (Å²) in [5.41, 5.74) is 2.06. The van der Waals surface area contributed by atoms with Crippen molar-refractivity contribution in [2.75, 3.05) is 24.3 Å². The number of carbonyl (C=O) groups excluding carboxylic acids is 1. The molecule has 0 aromatic heterocycles. The van der Waals surface area contributed by atoms with E-state index < -0.39 is 0 Å². The van der Waals surface area contributed by atoms with Gasteiger partial charge in [-0.25, -0.2) is 0 Å². The van der Waals surface area contributed by atoms with Crippen LogP contribution in [-0.4, -0.2) is 25.1 Å². The van der Waals surface area contributed by atoms with Crippen LogP contribution in [-0.2, 0) is 0 Å². The molecule has 0 aliphatic heterocycles. The van der Waals surface area contributed by atoms with Gasteiger partial charge in [-0.2, -0.15) is 0 Å². The summed E-state index contributed by atoms with van der Waals surface area (Å²) in [5, 5.41) is 12.4. The molecule has 0 aliphatic carbocycles. The number of hydrogen-bond acceptors (Lipinski definition) is 4. The first kappa shape index (κ1) is 17.4. The number of nitrogens with zero attached hydrogens (tertiary/aromatic N) is 1. The molecular weight excluding hydrogens is 328 g/mol. The van der Waals surface area contributed by atoms with Gasteiger partial charge in [-0.1, -0.05) is 24.3 Å². The fourth-order valence-electron chi connectivity index (χ4n) is 2.57. The molecule has 0 radical (unpaired) electrons. The molecule has 2 N–H and O–H groups in total. The predicted molar refractivity (Wildman–Crippen MR) is 103 cm³/mol. The van der Waals surface area contributed by atoms with Crippen molar-refractivity contribution in [2.24, 2.45) is 0 Å². The van der Waals surface area contributed by atoms with E-state index in [1.807, 2.05) is 37.2 Å². The number of benzene rings is 3. The third kappa shape index (κ3) is 4.13. The lowest BCUT2D eigenvalue weighted by Gasteiger charge is -2.17. The summed E-state index contributed by atoms with van der Waals surface area (Å²) >= 11 is 0. The van der Waals surface area contributed by atoms with Gasteiger partial charge >= 0.3 is 0 Å². The zero-order chi connectivity index (χ0) is 18.5. The van der Waals surface area contributed by atoms with E-state index >= 15 is 0 Å². The number of para-hydroxylation sites is 1. The molecule has 3 rings (SSSR count). The molecule has 0 unspecified atom stereocenters. The average Bonchev–Trinajstić information content (AvgIpc) is 2.62. The summed E-state index contributed by atoms with van der Waals surface area (Å²) in [7, 11) is 3.80. The van der Waals surface area contributed by atoms with Gasteiger partial charge in [0.15, 0.2) is 0 Å². The highest BCUT2D eigenvalue weighted by Gasteiger charge is 2.12. The molecule has 5 nitrogen and oxygen atoms in total. The van der Waals surface area contributed by atoms with E-state index in [-0.39, 0.29) is 11.7 Å². The monoisotopic (exact) mass is 348 g/mol. The van der Waals surface area contributed by atoms with E-state index in [1.54, 1.807) is 48.5 Å². The lowest BCUT2D eigenvalue weighted by Crippen LogP contribution is -2.18. The molecule has 3 aromatic rings. The van der Waals surface area contributed by atoms with E-state index in [0.29, 0.717) is 22.7 Å². The number of carbonyl (C=O) groups is 1. The second-order valence-corrected chi connectivity index (χ2v) is 5.99. The van der Waals surface area contributed by atoms with Crippen LogP contribution in [0.1, 0.15) is 10.4 Å². The third-order valence-corrected chi connectivity index (χ3v) is 3.78. The third-order valence-electron chi connectivity index (χ3n) is 3.78. The highest BCUT2D eigenvalue weighted by atomic mass is 16.5. The van der Waals surface area contributed by atoms with E-state index in [2.05, 4.69) is 5.32 Å². The van der Waals surface area contributed by atoms with Gasteiger partial charge in [-0.3, -0.25) is 4.79 Å². The maximum Gasteiger partial charge on any atom is 0.257 e. The summed E-state index contributed by atoms with van der Waals surface area (Å²) in [4.78, 5) is 14.5. The van der Waals surface area contributed by atoms with Crippen LogP contribution in [0.3, 0.4) is 0 Å². The van der Waals surface area contributed by atoms with Crippen molar-refractivity contribution < 1.29 is 14.6 Å². The highest BCUT2D eigenvalue weighted by Crippen LogP contribution is 2.27. The minimum absolute atomic E-state index is 0.132. The molecule has 132 valence electrons. The van der Waals surface area contributed by atoms with Crippen LogP contribution >= 0.6 is 0 Å². The minimum atomic E-state index is -0.191. The fraction of sp³-hybridized carbons (Fsp3) is 0.0952. The van der Waals surface area contributed by atoms with E-state index in [1.165, 1.54) is 6.07 Å². The smallest absolute Gasteiger partial charge is 0.257 e. The first-order valence-corrected chi connectivity index (χ1v) is 8.17. The molecule has 0 fully saturated rings. The lowest BCUT2D eigenvalue weighted by molar-refractivity contribution is 0.102. The maximum absolute atomic E-state index is 12.6. The number of anilines is 2. The summed E-state index contributed by atoms with van der Waals surface area (Å²) < 4.78 is 5.73. The molecule has 5 heteroatoms. The van der Waals surface area contributed by atoms with Gasteiger partial charge in [0.05, 0.1) is 5.56 Å². The Morgan fingerprint density at radius 1 is 0.923 bits per heavy atom. The largest absolute Gasteiger partial charge is 0.508 e. The molecule has 0 saturated heterocycles. The van der Waals surface area contributed by atoms with Gasteiger partial charge < -0.3 is 20.1 Å². The summed E-state index contributed by atoms with van der Waals surface area (Å²) in [6.07, 6.45) is 0. The topological polar surface area (TPSA) is 61.8 Å². The van der Waals surface area contributed by atoms with Crippen molar-refractivity contribution in [1.82, 2.24) is 0 Å². The molecule has 0 aliphatic rings. The normalized spacial score (nSPS) is 10.2. The van der Waals surface area contributed by atoms with Crippen molar-refractivity contribution in [3.05, 3.63) is 78.4 Å². The van der Waals surface area contributed by atoms with E-state index in [9.17, 15) is 9.90 Å². The van der Waals surface area contributed by atoms with Gasteiger partial charge in [-0.15, -0.1) is 0 Å². The summed E-state index contributed by atoms with van der Waals surface area (Å²) in [6, 6.07) is 21.1. The quantitative estimate of drug-likeness (QED) is 0.712.